The standard InChI is InChI=1S/C19H19N5O5S/c1-10-14(17(27)24(3)18(28)20-10)8-16-22-23-19(29-16)30-9-15(26)21-13-6-4-12(5-7-13)11(2)25/h4-7,14H,8-9H2,1-3H3,(H,21,26). The minimum atomic E-state index is -0.646. The zero-order chi connectivity index (χ0) is 21.8. The molecule has 1 N–H and O–H groups in total. The first-order chi connectivity index (χ1) is 14.2. The summed E-state index contributed by atoms with van der Waals surface area (Å²) in [6, 6.07) is 5.97. The molecule has 2 heterocycles. The molecule has 1 unspecified atom stereocenters. The number of aliphatic imine (C=N–C) groups is 1. The van der Waals surface area contributed by atoms with Crippen molar-refractivity contribution < 1.29 is 23.6 Å². The maximum absolute atomic E-state index is 12.3. The molecule has 0 saturated heterocycles. The highest BCUT2D eigenvalue weighted by Crippen LogP contribution is 2.21. The van der Waals surface area contributed by atoms with Gasteiger partial charge in [-0.3, -0.25) is 19.3 Å². The van der Waals surface area contributed by atoms with Crippen molar-refractivity contribution >= 4 is 46.8 Å². The number of carbonyl (C=O) groups is 4. The second-order valence-corrected chi connectivity index (χ2v) is 7.55. The van der Waals surface area contributed by atoms with Gasteiger partial charge >= 0.3 is 6.03 Å². The van der Waals surface area contributed by atoms with Crippen LogP contribution in [-0.4, -0.2) is 57.2 Å². The number of benzene rings is 1. The van der Waals surface area contributed by atoms with E-state index in [1.807, 2.05) is 0 Å². The Morgan fingerprint density at radius 3 is 2.57 bits per heavy atom. The summed E-state index contributed by atoms with van der Waals surface area (Å²) in [5, 5.41) is 10.7. The molecule has 30 heavy (non-hydrogen) atoms. The Morgan fingerprint density at radius 2 is 1.90 bits per heavy atom. The predicted molar refractivity (Wildman–Crippen MR) is 109 cm³/mol. The Balaban J connectivity index is 1.53. The van der Waals surface area contributed by atoms with Gasteiger partial charge in [0.2, 0.25) is 17.7 Å². The van der Waals surface area contributed by atoms with E-state index >= 15 is 0 Å². The van der Waals surface area contributed by atoms with Crippen LogP contribution in [-0.2, 0) is 16.0 Å². The van der Waals surface area contributed by atoms with E-state index in [0.29, 0.717) is 17.0 Å². The summed E-state index contributed by atoms with van der Waals surface area (Å²) in [4.78, 5) is 52.0. The Labute approximate surface area is 176 Å². The maximum Gasteiger partial charge on any atom is 0.349 e. The lowest BCUT2D eigenvalue weighted by Crippen LogP contribution is -2.44. The summed E-state index contributed by atoms with van der Waals surface area (Å²) < 4.78 is 5.50. The fourth-order valence-corrected chi connectivity index (χ4v) is 3.29. The van der Waals surface area contributed by atoms with Gasteiger partial charge in [-0.1, -0.05) is 11.8 Å². The van der Waals surface area contributed by atoms with Crippen LogP contribution >= 0.6 is 11.8 Å². The molecular formula is C19H19N5O5S. The molecular weight excluding hydrogens is 410 g/mol. The fraction of sp³-hybridized carbons (Fsp3) is 0.316. The van der Waals surface area contributed by atoms with Crippen molar-refractivity contribution in [1.29, 1.82) is 0 Å². The molecule has 1 aromatic carbocycles. The smallest absolute Gasteiger partial charge is 0.349 e. The minimum absolute atomic E-state index is 0.0379. The molecule has 1 aromatic heterocycles. The van der Waals surface area contributed by atoms with Gasteiger partial charge in [0, 0.05) is 30.4 Å². The van der Waals surface area contributed by atoms with Crippen LogP contribution in [0.1, 0.15) is 30.1 Å². The molecule has 0 radical (unpaired) electrons. The molecule has 1 atom stereocenters. The number of thioether (sulfide) groups is 1. The number of Topliss-reactive ketones (excluding diaryl/α,β-unsaturated/α-hetero) is 1. The van der Waals surface area contributed by atoms with E-state index in [9.17, 15) is 19.2 Å². The van der Waals surface area contributed by atoms with Crippen molar-refractivity contribution in [3.05, 3.63) is 35.7 Å². The van der Waals surface area contributed by atoms with Gasteiger partial charge in [-0.05, 0) is 38.1 Å². The second-order valence-electron chi connectivity index (χ2n) is 6.62. The van der Waals surface area contributed by atoms with E-state index < -0.39 is 11.9 Å². The average molecular weight is 429 g/mol. The lowest BCUT2D eigenvalue weighted by atomic mass is 9.97. The number of amides is 4. The lowest BCUT2D eigenvalue weighted by Gasteiger charge is -2.24. The van der Waals surface area contributed by atoms with E-state index in [1.54, 1.807) is 31.2 Å². The van der Waals surface area contributed by atoms with Crippen LogP contribution in [0.25, 0.3) is 0 Å². The van der Waals surface area contributed by atoms with E-state index in [-0.39, 0.29) is 40.9 Å². The number of nitrogens with one attached hydrogen (secondary N) is 1. The third-order valence-electron chi connectivity index (χ3n) is 4.42. The van der Waals surface area contributed by atoms with Crippen molar-refractivity contribution in [2.24, 2.45) is 10.9 Å². The minimum Gasteiger partial charge on any atom is -0.416 e. The summed E-state index contributed by atoms with van der Waals surface area (Å²) in [7, 11) is 1.37. The van der Waals surface area contributed by atoms with Gasteiger partial charge in [0.25, 0.3) is 5.22 Å². The van der Waals surface area contributed by atoms with Crippen molar-refractivity contribution in [3.63, 3.8) is 0 Å². The second kappa shape index (κ2) is 8.99. The third-order valence-corrected chi connectivity index (χ3v) is 5.24. The number of nitrogens with zero attached hydrogens (tertiary/aromatic N) is 4. The monoisotopic (exact) mass is 429 g/mol. The molecule has 0 spiro atoms. The molecule has 1 aliphatic heterocycles. The highest BCUT2D eigenvalue weighted by atomic mass is 32.2. The van der Waals surface area contributed by atoms with Gasteiger partial charge in [-0.25, -0.2) is 9.79 Å². The number of urea groups is 1. The average Bonchev–Trinajstić information content (AvgIpc) is 3.16. The molecule has 0 saturated carbocycles. The summed E-state index contributed by atoms with van der Waals surface area (Å²) in [5.41, 5.74) is 1.53. The Kier molecular flexibility index (Phi) is 6.40. The van der Waals surface area contributed by atoms with Gasteiger partial charge in [-0.2, -0.15) is 0 Å². The molecule has 2 aromatic rings. The normalized spacial score (nSPS) is 16.4. The number of aromatic nitrogens is 2. The van der Waals surface area contributed by atoms with Gasteiger partial charge in [0.1, 0.15) is 0 Å². The first kappa shape index (κ1) is 21.4. The number of imide groups is 1. The number of rotatable bonds is 7. The zero-order valence-electron chi connectivity index (χ0n) is 16.5. The van der Waals surface area contributed by atoms with Crippen molar-refractivity contribution in [1.82, 2.24) is 15.1 Å². The van der Waals surface area contributed by atoms with Gasteiger partial charge in [-0.15, -0.1) is 10.2 Å². The van der Waals surface area contributed by atoms with Crippen LogP contribution in [0, 0.1) is 5.92 Å². The van der Waals surface area contributed by atoms with Gasteiger partial charge in [0.15, 0.2) is 5.78 Å². The molecule has 0 fully saturated rings. The number of hydrogen-bond donors (Lipinski definition) is 1. The van der Waals surface area contributed by atoms with E-state index in [4.69, 9.17) is 4.42 Å². The third kappa shape index (κ3) is 4.98. The molecule has 0 bridgehead atoms. The largest absolute Gasteiger partial charge is 0.416 e. The maximum atomic E-state index is 12.3. The van der Waals surface area contributed by atoms with Crippen molar-refractivity contribution in [2.75, 3.05) is 18.1 Å². The van der Waals surface area contributed by atoms with E-state index in [0.717, 1.165) is 16.7 Å². The first-order valence-electron chi connectivity index (χ1n) is 8.97. The zero-order valence-corrected chi connectivity index (χ0v) is 17.4. The lowest BCUT2D eigenvalue weighted by molar-refractivity contribution is -0.129. The summed E-state index contributed by atoms with van der Waals surface area (Å²) >= 11 is 1.06. The van der Waals surface area contributed by atoms with Gasteiger partial charge in [0.05, 0.1) is 11.7 Å². The van der Waals surface area contributed by atoms with Crippen LogP contribution in [0.2, 0.25) is 0 Å². The SMILES string of the molecule is CC(=O)c1ccc(NC(=O)CSc2nnc(CC3C(=O)N(C)C(=O)N=C3C)o2)cc1. The number of anilines is 1. The quantitative estimate of drug-likeness (QED) is 0.523. The summed E-state index contributed by atoms with van der Waals surface area (Å²) in [5.74, 6) is -1.10. The highest BCUT2D eigenvalue weighted by molar-refractivity contribution is 7.99. The molecule has 11 heteroatoms. The Morgan fingerprint density at radius 1 is 1.20 bits per heavy atom. The molecule has 0 aliphatic carbocycles. The van der Waals surface area contributed by atoms with Crippen molar-refractivity contribution in [2.45, 2.75) is 25.5 Å². The number of ketones is 1. The van der Waals surface area contributed by atoms with Crippen LogP contribution in [0.4, 0.5) is 10.5 Å². The number of hydrogen-bond acceptors (Lipinski definition) is 8. The molecule has 4 amide bonds. The molecule has 1 aliphatic rings. The highest BCUT2D eigenvalue weighted by Gasteiger charge is 2.34. The molecule has 156 valence electrons. The van der Waals surface area contributed by atoms with Crippen LogP contribution in [0.15, 0.2) is 38.9 Å². The van der Waals surface area contributed by atoms with E-state index in [2.05, 4.69) is 20.5 Å². The van der Waals surface area contributed by atoms with Crippen LogP contribution < -0.4 is 5.32 Å². The topological polar surface area (TPSA) is 135 Å². The van der Waals surface area contributed by atoms with Gasteiger partial charge < -0.3 is 9.73 Å². The first-order valence-corrected chi connectivity index (χ1v) is 9.96. The van der Waals surface area contributed by atoms with Crippen molar-refractivity contribution in [3.8, 4) is 0 Å². The molecule has 3 rings (SSSR count). The summed E-state index contributed by atoms with van der Waals surface area (Å²) in [6.07, 6.45) is 0.119. The van der Waals surface area contributed by atoms with Crippen LogP contribution in [0.5, 0.6) is 0 Å². The number of carbonyl (C=O) groups excluding carboxylic acids is 4. The molecule has 10 nitrogen and oxygen atoms in total. The van der Waals surface area contributed by atoms with Crippen LogP contribution in [0.3, 0.4) is 0 Å². The Hall–Kier alpha value is -3.34. The fourth-order valence-electron chi connectivity index (χ4n) is 2.71. The van der Waals surface area contributed by atoms with E-state index in [1.165, 1.54) is 14.0 Å². The Bertz CT molecular complexity index is 1030. The summed E-state index contributed by atoms with van der Waals surface area (Å²) in [6.45, 7) is 3.08. The predicted octanol–water partition coefficient (Wildman–Crippen LogP) is 2.21.